The first-order valence-corrected chi connectivity index (χ1v) is 15.4. The number of pyridine rings is 1. The number of rotatable bonds is 13. The Labute approximate surface area is 250 Å². The zero-order valence-electron chi connectivity index (χ0n) is 24.0. The smallest absolute Gasteiger partial charge is 0.243 e. The number of anilines is 1. The van der Waals surface area contributed by atoms with Crippen molar-refractivity contribution >= 4 is 15.7 Å². The molecule has 1 fully saturated rings. The second kappa shape index (κ2) is 13.1. The number of methoxy groups -OCH3 is 2. The Hall–Kier alpha value is -4.06. The number of nitrogens with one attached hydrogen (secondary N) is 2. The Kier molecular flexibility index (Phi) is 9.24. The van der Waals surface area contributed by atoms with Crippen molar-refractivity contribution < 1.29 is 26.7 Å². The van der Waals surface area contributed by atoms with E-state index in [0.717, 1.165) is 36.8 Å². The van der Waals surface area contributed by atoms with Crippen LogP contribution in [0, 0.1) is 5.95 Å². The van der Waals surface area contributed by atoms with Crippen molar-refractivity contribution in [3.05, 3.63) is 113 Å². The Bertz CT molecular complexity index is 1670. The molecule has 1 atom stereocenters. The van der Waals surface area contributed by atoms with E-state index in [9.17, 15) is 12.8 Å². The maximum Gasteiger partial charge on any atom is 0.243 e. The molecule has 3 aromatic carbocycles. The fourth-order valence-corrected chi connectivity index (χ4v) is 6.26. The second-order valence-corrected chi connectivity index (χ2v) is 12.0. The van der Waals surface area contributed by atoms with Gasteiger partial charge < -0.3 is 14.8 Å². The zero-order valence-corrected chi connectivity index (χ0v) is 24.8. The van der Waals surface area contributed by atoms with Crippen LogP contribution in [-0.4, -0.2) is 45.6 Å². The van der Waals surface area contributed by atoms with Gasteiger partial charge in [-0.3, -0.25) is 4.90 Å². The van der Waals surface area contributed by atoms with Gasteiger partial charge in [-0.1, -0.05) is 48.5 Å². The molecule has 2 N–H and O–H groups in total. The van der Waals surface area contributed by atoms with Gasteiger partial charge in [0.15, 0.2) is 0 Å². The lowest BCUT2D eigenvalue weighted by molar-refractivity contribution is 0.140. The third-order valence-electron chi connectivity index (χ3n) is 7.44. The minimum absolute atomic E-state index is 0.144. The number of benzene rings is 3. The summed E-state index contributed by atoms with van der Waals surface area (Å²) in [5, 5.41) is 3.20. The molecule has 4 aromatic rings. The molecule has 0 bridgehead atoms. The predicted molar refractivity (Wildman–Crippen MR) is 161 cm³/mol. The molecular formula is C32H34F2N4O4S. The molecule has 11 heteroatoms. The van der Waals surface area contributed by atoms with Crippen LogP contribution in [0.25, 0.3) is 0 Å². The highest BCUT2D eigenvalue weighted by Gasteiger charge is 2.42. The Morgan fingerprint density at radius 1 is 0.907 bits per heavy atom. The molecule has 1 unspecified atom stereocenters. The number of nitrogens with zero attached hydrogens (tertiary/aromatic N) is 2. The molecule has 1 aliphatic rings. The molecule has 226 valence electrons. The number of hydrogen-bond acceptors (Lipinski definition) is 7. The fraction of sp³-hybridized carbons (Fsp3) is 0.281. The van der Waals surface area contributed by atoms with E-state index in [-0.39, 0.29) is 22.9 Å². The first-order chi connectivity index (χ1) is 20.7. The highest BCUT2D eigenvalue weighted by molar-refractivity contribution is 7.89. The molecule has 0 spiro atoms. The molecular weight excluding hydrogens is 574 g/mol. The number of likely N-dealkylation sites (tertiary alicyclic amines) is 1. The van der Waals surface area contributed by atoms with Crippen molar-refractivity contribution in [1.82, 2.24) is 14.6 Å². The Balaban J connectivity index is 1.54. The number of sulfonamides is 1. The summed E-state index contributed by atoms with van der Waals surface area (Å²) in [7, 11) is -1.52. The highest BCUT2D eigenvalue weighted by atomic mass is 32.2. The SMILES string of the molecule is COc1ccc(CC(F)(NS(=O)(=O)c2ccccc2)c2nc(F)ccc2NCc2ccccc2CN2CCC2)c(OC)c1. The van der Waals surface area contributed by atoms with E-state index in [0.29, 0.717) is 11.3 Å². The Morgan fingerprint density at radius 3 is 2.30 bits per heavy atom. The molecule has 1 aliphatic heterocycles. The molecule has 0 aliphatic carbocycles. The summed E-state index contributed by atoms with van der Waals surface area (Å²) in [6.45, 7) is 3.15. The van der Waals surface area contributed by atoms with E-state index in [1.807, 2.05) is 24.3 Å². The van der Waals surface area contributed by atoms with Crippen LogP contribution < -0.4 is 19.5 Å². The third-order valence-corrected chi connectivity index (χ3v) is 8.93. The summed E-state index contributed by atoms with van der Waals surface area (Å²) in [4.78, 5) is 6.09. The van der Waals surface area contributed by atoms with Gasteiger partial charge in [-0.15, -0.1) is 0 Å². The van der Waals surface area contributed by atoms with Crippen molar-refractivity contribution in [2.45, 2.75) is 36.6 Å². The van der Waals surface area contributed by atoms with Crippen LogP contribution in [0.3, 0.4) is 0 Å². The Morgan fingerprint density at radius 2 is 1.63 bits per heavy atom. The molecule has 0 radical (unpaired) electrons. The summed E-state index contributed by atoms with van der Waals surface area (Å²) < 4.78 is 72.1. The summed E-state index contributed by atoms with van der Waals surface area (Å²) in [6, 6.07) is 22.5. The molecule has 0 saturated carbocycles. The number of hydrogen-bond donors (Lipinski definition) is 2. The molecule has 1 saturated heterocycles. The monoisotopic (exact) mass is 608 g/mol. The van der Waals surface area contributed by atoms with Crippen LogP contribution >= 0.6 is 0 Å². The van der Waals surface area contributed by atoms with Crippen LogP contribution in [-0.2, 0) is 35.3 Å². The third kappa shape index (κ3) is 7.12. The number of alkyl halides is 1. The molecule has 0 amide bonds. The van der Waals surface area contributed by atoms with Gasteiger partial charge in [0.05, 0.1) is 24.8 Å². The van der Waals surface area contributed by atoms with Crippen molar-refractivity contribution in [3.8, 4) is 11.5 Å². The first-order valence-electron chi connectivity index (χ1n) is 13.9. The van der Waals surface area contributed by atoms with Crippen LogP contribution in [0.5, 0.6) is 11.5 Å². The fourth-order valence-electron chi connectivity index (χ4n) is 5.04. The molecule has 8 nitrogen and oxygen atoms in total. The standard InChI is InChI=1S/C32H34F2N4O4S/c1-41-26-14-13-23(29(19-26)42-2)20-32(34,37-43(39,40)27-11-4-3-5-12-27)31-28(15-16-30(33)36-31)35-21-24-9-6-7-10-25(24)22-38-17-8-18-38/h3-7,9-16,19,35,37H,8,17-18,20-22H2,1-2H3. The summed E-state index contributed by atoms with van der Waals surface area (Å²) in [5.74, 6) is -3.11. The van der Waals surface area contributed by atoms with Crippen molar-refractivity contribution in [3.63, 3.8) is 0 Å². The van der Waals surface area contributed by atoms with Crippen molar-refractivity contribution in [2.75, 3.05) is 32.6 Å². The van der Waals surface area contributed by atoms with Crippen LogP contribution in [0.15, 0.2) is 89.8 Å². The first kappa shape index (κ1) is 30.4. The summed E-state index contributed by atoms with van der Waals surface area (Å²) >= 11 is 0. The van der Waals surface area contributed by atoms with E-state index in [2.05, 4.69) is 19.9 Å². The van der Waals surface area contributed by atoms with Crippen molar-refractivity contribution in [1.29, 1.82) is 0 Å². The lowest BCUT2D eigenvalue weighted by Gasteiger charge is -2.31. The van der Waals surface area contributed by atoms with Gasteiger partial charge in [0, 0.05) is 25.6 Å². The molecule has 2 heterocycles. The van der Waals surface area contributed by atoms with Crippen LogP contribution in [0.1, 0.15) is 28.8 Å². The zero-order chi connectivity index (χ0) is 30.5. The van der Waals surface area contributed by atoms with E-state index < -0.39 is 33.9 Å². The van der Waals surface area contributed by atoms with E-state index in [4.69, 9.17) is 9.47 Å². The summed E-state index contributed by atoms with van der Waals surface area (Å²) in [5.41, 5.74) is 2.12. The molecule has 43 heavy (non-hydrogen) atoms. The average Bonchev–Trinajstić information content (AvgIpc) is 2.99. The van der Waals surface area contributed by atoms with Gasteiger partial charge in [-0.25, -0.2) is 17.8 Å². The lowest BCUT2D eigenvalue weighted by Crippen LogP contribution is -2.45. The van der Waals surface area contributed by atoms with Gasteiger partial charge >= 0.3 is 0 Å². The van der Waals surface area contributed by atoms with E-state index in [1.54, 1.807) is 24.3 Å². The maximum atomic E-state index is 17.5. The van der Waals surface area contributed by atoms with Gasteiger partial charge in [0.1, 0.15) is 17.2 Å². The van der Waals surface area contributed by atoms with Gasteiger partial charge in [0.2, 0.25) is 21.8 Å². The van der Waals surface area contributed by atoms with Gasteiger partial charge in [-0.05, 0) is 66.5 Å². The van der Waals surface area contributed by atoms with Crippen molar-refractivity contribution in [2.24, 2.45) is 0 Å². The number of halogens is 2. The largest absolute Gasteiger partial charge is 0.497 e. The quantitative estimate of drug-likeness (QED) is 0.155. The highest BCUT2D eigenvalue weighted by Crippen LogP contribution is 2.37. The summed E-state index contributed by atoms with van der Waals surface area (Å²) in [6.07, 6.45) is 0.615. The van der Waals surface area contributed by atoms with E-state index in [1.165, 1.54) is 51.0 Å². The average molecular weight is 609 g/mol. The topological polar surface area (TPSA) is 92.8 Å². The maximum absolute atomic E-state index is 17.5. The van der Waals surface area contributed by atoms with Crippen LogP contribution in [0.2, 0.25) is 0 Å². The second-order valence-electron chi connectivity index (χ2n) is 10.4. The van der Waals surface area contributed by atoms with Gasteiger partial charge in [0.25, 0.3) is 0 Å². The molecule has 1 aromatic heterocycles. The van der Waals surface area contributed by atoms with Gasteiger partial charge in [-0.2, -0.15) is 9.11 Å². The minimum atomic E-state index is -4.42. The normalized spacial score (nSPS) is 14.9. The predicted octanol–water partition coefficient (Wildman–Crippen LogP) is 5.40. The number of ether oxygens (including phenoxy) is 2. The van der Waals surface area contributed by atoms with Crippen LogP contribution in [0.4, 0.5) is 14.5 Å². The number of aromatic nitrogens is 1. The lowest BCUT2D eigenvalue weighted by atomic mass is 9.98. The van der Waals surface area contributed by atoms with E-state index >= 15 is 4.39 Å². The minimum Gasteiger partial charge on any atom is -0.497 e. The molecule has 5 rings (SSSR count).